The molecule has 0 saturated carbocycles. The highest BCUT2D eigenvalue weighted by Crippen LogP contribution is 2.26. The molecule has 0 spiro atoms. The fourth-order valence-electron chi connectivity index (χ4n) is 2.84. The van der Waals surface area contributed by atoms with E-state index in [9.17, 15) is 0 Å². The molecule has 0 atom stereocenters. The minimum atomic E-state index is 0.497. The van der Waals surface area contributed by atoms with Crippen LogP contribution in [0, 0.1) is 0 Å². The first-order chi connectivity index (χ1) is 10.1. The monoisotopic (exact) mass is 347 g/mol. The van der Waals surface area contributed by atoms with Gasteiger partial charge < -0.3 is 9.88 Å². The highest BCUT2D eigenvalue weighted by atomic mass is 79.9. The Bertz CT molecular complexity index is 631. The molecule has 0 unspecified atom stereocenters. The lowest BCUT2D eigenvalue weighted by Gasteiger charge is -2.15. The smallest absolute Gasteiger partial charge is 0.0997 e. The van der Waals surface area contributed by atoms with E-state index >= 15 is 0 Å². The summed E-state index contributed by atoms with van der Waals surface area (Å²) in [5.74, 6) is 0. The molecule has 0 radical (unpaired) electrons. The maximum absolute atomic E-state index is 4.58. The summed E-state index contributed by atoms with van der Waals surface area (Å²) >= 11 is 3.71. The Labute approximate surface area is 134 Å². The SMILES string of the molecule is CC(C)NCc1ccc(-n2cnc3c2CCCC3)cc1Br. The minimum absolute atomic E-state index is 0.497. The molecule has 1 N–H and O–H groups in total. The van der Waals surface area contributed by atoms with Crippen molar-refractivity contribution in [2.24, 2.45) is 0 Å². The normalized spacial score (nSPS) is 14.5. The van der Waals surface area contributed by atoms with Crippen molar-refractivity contribution in [2.75, 3.05) is 0 Å². The van der Waals surface area contributed by atoms with Crippen molar-refractivity contribution < 1.29 is 0 Å². The first kappa shape index (κ1) is 14.8. The minimum Gasteiger partial charge on any atom is -0.310 e. The Balaban J connectivity index is 1.86. The quantitative estimate of drug-likeness (QED) is 0.905. The molecule has 112 valence electrons. The molecule has 1 heterocycles. The van der Waals surface area contributed by atoms with E-state index < -0.39 is 0 Å². The van der Waals surface area contributed by atoms with Crippen LogP contribution in [0.1, 0.15) is 43.6 Å². The molecule has 3 nitrogen and oxygen atoms in total. The number of aromatic nitrogens is 2. The number of rotatable bonds is 4. The van der Waals surface area contributed by atoms with Crippen molar-refractivity contribution in [2.45, 2.75) is 52.1 Å². The molecule has 0 fully saturated rings. The Hall–Kier alpha value is -1.13. The lowest BCUT2D eigenvalue weighted by Crippen LogP contribution is -2.22. The summed E-state index contributed by atoms with van der Waals surface area (Å²) in [6.45, 7) is 5.22. The number of nitrogens with one attached hydrogen (secondary N) is 1. The van der Waals surface area contributed by atoms with Gasteiger partial charge in [-0.1, -0.05) is 35.8 Å². The van der Waals surface area contributed by atoms with Gasteiger partial charge in [0.15, 0.2) is 0 Å². The van der Waals surface area contributed by atoms with Crippen LogP contribution in [0.2, 0.25) is 0 Å². The standard InChI is InChI=1S/C17H22BrN3/c1-12(2)19-10-13-7-8-14(9-15(13)18)21-11-20-16-5-3-4-6-17(16)21/h7-9,11-12,19H,3-6,10H2,1-2H3. The zero-order valence-electron chi connectivity index (χ0n) is 12.7. The lowest BCUT2D eigenvalue weighted by atomic mass is 10.0. The maximum Gasteiger partial charge on any atom is 0.0997 e. The number of benzene rings is 1. The summed E-state index contributed by atoms with van der Waals surface area (Å²) in [6.07, 6.45) is 6.79. The number of fused-ring (bicyclic) bond motifs is 1. The van der Waals surface area contributed by atoms with E-state index in [1.54, 1.807) is 0 Å². The van der Waals surface area contributed by atoms with Crippen LogP contribution in [0.4, 0.5) is 0 Å². The average Bonchev–Trinajstić information content (AvgIpc) is 2.89. The first-order valence-corrected chi connectivity index (χ1v) is 8.51. The predicted octanol–water partition coefficient (Wildman–Crippen LogP) is 4.01. The van der Waals surface area contributed by atoms with Gasteiger partial charge in [0, 0.05) is 28.4 Å². The van der Waals surface area contributed by atoms with Gasteiger partial charge in [-0.05, 0) is 43.4 Å². The van der Waals surface area contributed by atoms with Crippen molar-refractivity contribution in [3.8, 4) is 5.69 Å². The molecule has 3 rings (SSSR count). The highest BCUT2D eigenvalue weighted by molar-refractivity contribution is 9.10. The van der Waals surface area contributed by atoms with Gasteiger partial charge in [0.1, 0.15) is 0 Å². The largest absolute Gasteiger partial charge is 0.310 e. The van der Waals surface area contributed by atoms with E-state index in [-0.39, 0.29) is 0 Å². The first-order valence-electron chi connectivity index (χ1n) is 7.72. The van der Waals surface area contributed by atoms with Gasteiger partial charge in [0.05, 0.1) is 12.0 Å². The second-order valence-corrected chi connectivity index (χ2v) is 6.88. The predicted molar refractivity (Wildman–Crippen MR) is 89.9 cm³/mol. The van der Waals surface area contributed by atoms with Gasteiger partial charge in [0.25, 0.3) is 0 Å². The van der Waals surface area contributed by atoms with E-state index in [4.69, 9.17) is 0 Å². The van der Waals surface area contributed by atoms with Crippen molar-refractivity contribution in [1.29, 1.82) is 0 Å². The van der Waals surface area contributed by atoms with Gasteiger partial charge >= 0.3 is 0 Å². The fraction of sp³-hybridized carbons (Fsp3) is 0.471. The highest BCUT2D eigenvalue weighted by Gasteiger charge is 2.16. The molecule has 0 amide bonds. The molecule has 0 bridgehead atoms. The number of halogens is 1. The van der Waals surface area contributed by atoms with E-state index in [0.717, 1.165) is 23.9 Å². The van der Waals surface area contributed by atoms with Crippen molar-refractivity contribution in [1.82, 2.24) is 14.9 Å². The molecule has 4 heteroatoms. The van der Waals surface area contributed by atoms with Crippen LogP contribution < -0.4 is 5.32 Å². The summed E-state index contributed by atoms with van der Waals surface area (Å²) in [4.78, 5) is 4.58. The molecular weight excluding hydrogens is 326 g/mol. The van der Waals surface area contributed by atoms with Crippen LogP contribution in [0.3, 0.4) is 0 Å². The second-order valence-electron chi connectivity index (χ2n) is 6.03. The Morgan fingerprint density at radius 1 is 1.29 bits per heavy atom. The third kappa shape index (κ3) is 3.22. The molecule has 21 heavy (non-hydrogen) atoms. The van der Waals surface area contributed by atoms with E-state index in [1.165, 1.54) is 35.5 Å². The Kier molecular flexibility index (Phi) is 4.45. The third-order valence-electron chi connectivity index (χ3n) is 4.05. The number of aryl methyl sites for hydroxylation is 1. The second kappa shape index (κ2) is 6.32. The summed E-state index contributed by atoms with van der Waals surface area (Å²) in [6, 6.07) is 7.09. The maximum atomic E-state index is 4.58. The summed E-state index contributed by atoms with van der Waals surface area (Å²) in [7, 11) is 0. The number of hydrogen-bond acceptors (Lipinski definition) is 2. The van der Waals surface area contributed by atoms with Crippen LogP contribution in [0.15, 0.2) is 29.0 Å². The summed E-state index contributed by atoms with van der Waals surface area (Å²) < 4.78 is 3.41. The van der Waals surface area contributed by atoms with Crippen LogP contribution in [-0.2, 0) is 19.4 Å². The number of imidazole rings is 1. The van der Waals surface area contributed by atoms with E-state index in [1.807, 2.05) is 6.33 Å². The van der Waals surface area contributed by atoms with Gasteiger partial charge in [0.2, 0.25) is 0 Å². The van der Waals surface area contributed by atoms with Crippen molar-refractivity contribution in [3.05, 3.63) is 46.0 Å². The van der Waals surface area contributed by atoms with Crippen LogP contribution in [0.5, 0.6) is 0 Å². The van der Waals surface area contributed by atoms with Gasteiger partial charge in [-0.25, -0.2) is 4.98 Å². The zero-order valence-corrected chi connectivity index (χ0v) is 14.3. The molecular formula is C17H22BrN3. The fourth-order valence-corrected chi connectivity index (χ4v) is 3.34. The van der Waals surface area contributed by atoms with Crippen LogP contribution >= 0.6 is 15.9 Å². The zero-order chi connectivity index (χ0) is 14.8. The van der Waals surface area contributed by atoms with Crippen molar-refractivity contribution >= 4 is 15.9 Å². The van der Waals surface area contributed by atoms with Crippen LogP contribution in [0.25, 0.3) is 5.69 Å². The van der Waals surface area contributed by atoms with Crippen LogP contribution in [-0.4, -0.2) is 15.6 Å². The molecule has 1 aromatic heterocycles. The van der Waals surface area contributed by atoms with Crippen molar-refractivity contribution in [3.63, 3.8) is 0 Å². The number of nitrogens with zero attached hydrogens (tertiary/aromatic N) is 2. The molecule has 1 aliphatic rings. The topological polar surface area (TPSA) is 29.9 Å². The Morgan fingerprint density at radius 3 is 2.86 bits per heavy atom. The number of hydrogen-bond donors (Lipinski definition) is 1. The third-order valence-corrected chi connectivity index (χ3v) is 4.78. The van der Waals surface area contributed by atoms with Gasteiger partial charge in [-0.2, -0.15) is 0 Å². The lowest BCUT2D eigenvalue weighted by molar-refractivity contribution is 0.588. The van der Waals surface area contributed by atoms with E-state index in [0.29, 0.717) is 6.04 Å². The summed E-state index contributed by atoms with van der Waals surface area (Å²) in [5, 5.41) is 3.46. The van der Waals surface area contributed by atoms with Gasteiger partial charge in [-0.15, -0.1) is 0 Å². The molecule has 0 aliphatic heterocycles. The molecule has 1 aromatic carbocycles. The molecule has 2 aromatic rings. The van der Waals surface area contributed by atoms with Gasteiger partial charge in [-0.3, -0.25) is 0 Å². The van der Waals surface area contributed by atoms with E-state index in [2.05, 4.69) is 62.8 Å². The molecule has 0 saturated heterocycles. The Morgan fingerprint density at radius 2 is 2.10 bits per heavy atom. The average molecular weight is 348 g/mol. The summed E-state index contributed by atoms with van der Waals surface area (Å²) in [5.41, 5.74) is 5.16. The molecule has 1 aliphatic carbocycles.